The van der Waals surface area contributed by atoms with Crippen LogP contribution in [0.3, 0.4) is 0 Å². The Morgan fingerprint density at radius 1 is 0.375 bits per heavy atom. The van der Waals surface area contributed by atoms with Crippen molar-refractivity contribution >= 4 is 0 Å². The van der Waals surface area contributed by atoms with Crippen molar-refractivity contribution in [3.8, 4) is 23.0 Å². The Hall–Kier alpha value is -4.30. The summed E-state index contributed by atoms with van der Waals surface area (Å²) in [5.74, 6) is 3.38. The van der Waals surface area contributed by atoms with Crippen LogP contribution < -0.4 is 9.47 Å². The van der Waals surface area contributed by atoms with Crippen LogP contribution in [0.1, 0.15) is 61.1 Å². The summed E-state index contributed by atoms with van der Waals surface area (Å²) in [6.07, 6.45) is 0. The molecule has 5 aromatic rings. The van der Waals surface area contributed by atoms with Gasteiger partial charge in [0.2, 0.25) is 0 Å². The van der Waals surface area contributed by atoms with E-state index in [9.17, 15) is 0 Å². The van der Waals surface area contributed by atoms with E-state index in [1.165, 1.54) is 33.4 Å². The van der Waals surface area contributed by atoms with Crippen molar-refractivity contribution in [1.29, 1.82) is 0 Å². The smallest absolute Gasteiger partial charge is 0.127 e. The van der Waals surface area contributed by atoms with E-state index in [1.54, 1.807) is 0 Å². The minimum absolute atomic E-state index is 0.166. The lowest BCUT2D eigenvalue weighted by molar-refractivity contribution is 0.481. The lowest BCUT2D eigenvalue weighted by Crippen LogP contribution is -2.22. The highest BCUT2D eigenvalue weighted by Gasteiger charge is 2.28. The van der Waals surface area contributed by atoms with Gasteiger partial charge in [-0.25, -0.2) is 0 Å². The van der Waals surface area contributed by atoms with Crippen molar-refractivity contribution in [3.05, 3.63) is 155 Å². The van der Waals surface area contributed by atoms with E-state index in [0.717, 1.165) is 23.0 Å². The van der Waals surface area contributed by atoms with Gasteiger partial charge in [0.25, 0.3) is 0 Å². The zero-order chi connectivity index (χ0) is 28.3. The molecule has 0 aliphatic heterocycles. The molecular weight excluding hydrogens is 488 g/mol. The summed E-state index contributed by atoms with van der Waals surface area (Å²) in [7, 11) is 0. The maximum Gasteiger partial charge on any atom is 0.127 e. The van der Waals surface area contributed by atoms with Gasteiger partial charge in [-0.2, -0.15) is 0 Å². The maximum atomic E-state index is 6.06. The molecule has 2 heteroatoms. The van der Waals surface area contributed by atoms with Gasteiger partial charge in [-0.15, -0.1) is 0 Å². The first-order chi connectivity index (χ1) is 19.1. The standard InChI is InChI=1S/C38H38O2/c1-27-10-18-33(19-11-27)39-35-22-14-29(15-23-35)37(3,4)31-8-7-9-32(26-31)38(5,6)30-16-24-36(25-17-30)40-34-20-12-28(2)13-21-34/h7-26H,1-6H3. The molecule has 0 radical (unpaired) electrons. The van der Waals surface area contributed by atoms with Gasteiger partial charge >= 0.3 is 0 Å². The monoisotopic (exact) mass is 526 g/mol. The van der Waals surface area contributed by atoms with E-state index in [4.69, 9.17) is 9.47 Å². The van der Waals surface area contributed by atoms with E-state index < -0.39 is 0 Å². The van der Waals surface area contributed by atoms with Gasteiger partial charge in [0, 0.05) is 10.8 Å². The Morgan fingerprint density at radius 3 is 1.00 bits per heavy atom. The number of benzene rings is 5. The molecule has 0 aliphatic rings. The topological polar surface area (TPSA) is 18.5 Å². The molecule has 5 rings (SSSR count). The Morgan fingerprint density at radius 2 is 0.675 bits per heavy atom. The van der Waals surface area contributed by atoms with Gasteiger partial charge in [-0.3, -0.25) is 0 Å². The molecule has 202 valence electrons. The van der Waals surface area contributed by atoms with Crippen molar-refractivity contribution in [2.24, 2.45) is 0 Å². The number of hydrogen-bond acceptors (Lipinski definition) is 2. The van der Waals surface area contributed by atoms with Crippen molar-refractivity contribution in [2.75, 3.05) is 0 Å². The number of aryl methyl sites for hydroxylation is 2. The quantitative estimate of drug-likeness (QED) is 0.200. The molecule has 0 bridgehead atoms. The second-order valence-corrected chi connectivity index (χ2v) is 11.7. The van der Waals surface area contributed by atoms with Crippen LogP contribution >= 0.6 is 0 Å². The molecule has 0 aliphatic carbocycles. The molecule has 2 nitrogen and oxygen atoms in total. The minimum Gasteiger partial charge on any atom is -0.457 e. The summed E-state index contributed by atoms with van der Waals surface area (Å²) < 4.78 is 12.1. The first-order valence-electron chi connectivity index (χ1n) is 13.9. The van der Waals surface area contributed by atoms with Crippen LogP contribution in [0.4, 0.5) is 0 Å². The van der Waals surface area contributed by atoms with Crippen LogP contribution in [-0.2, 0) is 10.8 Å². The van der Waals surface area contributed by atoms with Crippen LogP contribution in [0.2, 0.25) is 0 Å². The van der Waals surface area contributed by atoms with Crippen LogP contribution in [0, 0.1) is 13.8 Å². The highest BCUT2D eigenvalue weighted by molar-refractivity contribution is 5.47. The van der Waals surface area contributed by atoms with E-state index >= 15 is 0 Å². The van der Waals surface area contributed by atoms with Crippen LogP contribution in [-0.4, -0.2) is 0 Å². The second-order valence-electron chi connectivity index (χ2n) is 11.7. The summed E-state index contributed by atoms with van der Waals surface area (Å²) in [6, 6.07) is 42.2. The highest BCUT2D eigenvalue weighted by atomic mass is 16.5. The number of rotatable bonds is 8. The summed E-state index contributed by atoms with van der Waals surface area (Å²) in [5.41, 5.74) is 7.17. The molecule has 0 atom stereocenters. The van der Waals surface area contributed by atoms with Gasteiger partial charge < -0.3 is 9.47 Å². The summed E-state index contributed by atoms with van der Waals surface area (Å²) in [6.45, 7) is 13.3. The second kappa shape index (κ2) is 11.1. The molecule has 0 N–H and O–H groups in total. The van der Waals surface area contributed by atoms with Gasteiger partial charge in [0.1, 0.15) is 23.0 Å². The largest absolute Gasteiger partial charge is 0.457 e. The van der Waals surface area contributed by atoms with E-state index in [1.807, 2.05) is 24.3 Å². The zero-order valence-corrected chi connectivity index (χ0v) is 24.4. The van der Waals surface area contributed by atoms with Crippen LogP contribution in [0.5, 0.6) is 23.0 Å². The Labute approximate surface area is 239 Å². The molecule has 0 saturated heterocycles. The molecule has 0 spiro atoms. The third-order valence-electron chi connectivity index (χ3n) is 7.97. The average Bonchev–Trinajstić information content (AvgIpc) is 2.96. The minimum atomic E-state index is -0.166. The van der Waals surface area contributed by atoms with Gasteiger partial charge in [0.05, 0.1) is 0 Å². The van der Waals surface area contributed by atoms with Crippen LogP contribution in [0.25, 0.3) is 0 Å². The van der Waals surface area contributed by atoms with E-state index in [-0.39, 0.29) is 10.8 Å². The first kappa shape index (κ1) is 27.3. The summed E-state index contributed by atoms with van der Waals surface area (Å²) >= 11 is 0. The first-order valence-corrected chi connectivity index (χ1v) is 13.9. The fourth-order valence-corrected chi connectivity index (χ4v) is 4.99. The molecular formula is C38H38O2. The van der Waals surface area contributed by atoms with Crippen molar-refractivity contribution < 1.29 is 9.47 Å². The van der Waals surface area contributed by atoms with E-state index in [0.29, 0.717) is 0 Å². The lowest BCUT2D eigenvalue weighted by Gasteiger charge is -2.31. The van der Waals surface area contributed by atoms with Crippen molar-refractivity contribution in [2.45, 2.75) is 52.4 Å². The molecule has 0 unspecified atom stereocenters. The fraction of sp³-hybridized carbons (Fsp3) is 0.211. The fourth-order valence-electron chi connectivity index (χ4n) is 4.99. The lowest BCUT2D eigenvalue weighted by atomic mass is 9.73. The van der Waals surface area contributed by atoms with Gasteiger partial charge in [0.15, 0.2) is 0 Å². The van der Waals surface area contributed by atoms with Crippen molar-refractivity contribution in [1.82, 2.24) is 0 Å². The third-order valence-corrected chi connectivity index (χ3v) is 7.97. The van der Waals surface area contributed by atoms with Crippen LogP contribution in [0.15, 0.2) is 121 Å². The average molecular weight is 527 g/mol. The Kier molecular flexibility index (Phi) is 7.54. The predicted molar refractivity (Wildman–Crippen MR) is 166 cm³/mol. The highest BCUT2D eigenvalue weighted by Crippen LogP contribution is 2.38. The zero-order valence-electron chi connectivity index (χ0n) is 24.4. The maximum absolute atomic E-state index is 6.06. The summed E-state index contributed by atoms with van der Waals surface area (Å²) in [5, 5.41) is 0. The normalized spacial score (nSPS) is 11.8. The van der Waals surface area contributed by atoms with Crippen molar-refractivity contribution in [3.63, 3.8) is 0 Å². The predicted octanol–water partition coefficient (Wildman–Crippen LogP) is 10.5. The molecule has 5 aromatic carbocycles. The number of hydrogen-bond donors (Lipinski definition) is 0. The molecule has 40 heavy (non-hydrogen) atoms. The van der Waals surface area contributed by atoms with Gasteiger partial charge in [-0.05, 0) is 84.6 Å². The Bertz CT molecular complexity index is 1440. The molecule has 0 saturated carbocycles. The third kappa shape index (κ3) is 5.97. The van der Waals surface area contributed by atoms with Gasteiger partial charge in [-0.1, -0.05) is 112 Å². The SMILES string of the molecule is Cc1ccc(Oc2ccc(C(C)(C)c3cccc(C(C)(C)c4ccc(Oc5ccc(C)cc5)cc4)c3)cc2)cc1. The molecule has 0 amide bonds. The number of ether oxygens (including phenoxy) is 2. The molecule has 0 heterocycles. The molecule has 0 aromatic heterocycles. The summed E-state index contributed by atoms with van der Waals surface area (Å²) in [4.78, 5) is 0. The molecule has 0 fully saturated rings. The Balaban J connectivity index is 1.33. The van der Waals surface area contributed by atoms with E-state index in [2.05, 4.69) is 139 Å².